The highest BCUT2D eigenvalue weighted by atomic mass is 16.7. The van der Waals surface area contributed by atoms with E-state index in [1.807, 2.05) is 4.68 Å². The van der Waals surface area contributed by atoms with E-state index in [0.717, 1.165) is 32.1 Å². The molecule has 26 heavy (non-hydrogen) atoms. The van der Waals surface area contributed by atoms with Gasteiger partial charge in [0.05, 0.1) is 32.5 Å². The molecule has 1 saturated heterocycles. The minimum absolute atomic E-state index is 0.193. The van der Waals surface area contributed by atoms with Crippen molar-refractivity contribution in [1.82, 2.24) is 9.78 Å². The van der Waals surface area contributed by atoms with Crippen molar-refractivity contribution in [2.75, 3.05) is 40.1 Å². The van der Waals surface area contributed by atoms with Crippen molar-refractivity contribution in [3.8, 4) is 5.88 Å². The molecule has 0 unspecified atom stereocenters. The molecule has 3 rings (SSSR count). The Kier molecular flexibility index (Phi) is 6.50. The molecule has 1 aliphatic heterocycles. The van der Waals surface area contributed by atoms with E-state index in [9.17, 15) is 4.79 Å². The quantitative estimate of drug-likeness (QED) is 0.514. The number of nitrogens with zero attached hydrogens (tertiary/aromatic N) is 2. The van der Waals surface area contributed by atoms with Gasteiger partial charge in [-0.25, -0.2) is 4.79 Å². The predicted octanol–water partition coefficient (Wildman–Crippen LogP) is 2.33. The molecule has 8 nitrogen and oxygen atoms in total. The number of esters is 1. The van der Waals surface area contributed by atoms with Crippen LogP contribution in [0.2, 0.25) is 0 Å². The molecule has 2 aliphatic rings. The summed E-state index contributed by atoms with van der Waals surface area (Å²) in [4.78, 5) is 12.2. The highest BCUT2D eigenvalue weighted by molar-refractivity contribution is 5.91. The summed E-state index contributed by atoms with van der Waals surface area (Å²) in [5.41, 5.74) is 0.373. The van der Waals surface area contributed by atoms with E-state index in [1.54, 1.807) is 20.2 Å². The van der Waals surface area contributed by atoms with Gasteiger partial charge in [-0.1, -0.05) is 0 Å². The fourth-order valence-corrected chi connectivity index (χ4v) is 3.48. The van der Waals surface area contributed by atoms with Crippen LogP contribution in [0.1, 0.15) is 55.4 Å². The van der Waals surface area contributed by atoms with Crippen LogP contribution in [0.25, 0.3) is 0 Å². The first-order valence-electron chi connectivity index (χ1n) is 9.33. The molecule has 0 radical (unpaired) electrons. The van der Waals surface area contributed by atoms with E-state index in [2.05, 4.69) is 5.10 Å². The smallest absolute Gasteiger partial charge is 0.345 e. The maximum absolute atomic E-state index is 12.2. The zero-order valence-corrected chi connectivity index (χ0v) is 15.6. The van der Waals surface area contributed by atoms with Gasteiger partial charge < -0.3 is 23.7 Å². The molecule has 1 saturated carbocycles. The largest absolute Gasteiger partial charge is 0.476 e. The number of carbonyl (C=O) groups is 1. The Hall–Kier alpha value is -1.64. The van der Waals surface area contributed by atoms with Gasteiger partial charge in [0.25, 0.3) is 0 Å². The topological polar surface area (TPSA) is 81.0 Å². The average molecular weight is 368 g/mol. The lowest BCUT2D eigenvalue weighted by atomic mass is 9.90. The zero-order chi connectivity index (χ0) is 18.4. The van der Waals surface area contributed by atoms with Crippen LogP contribution >= 0.6 is 0 Å². The second-order valence-corrected chi connectivity index (χ2v) is 6.58. The number of ether oxygens (including phenoxy) is 5. The second-order valence-electron chi connectivity index (χ2n) is 6.58. The molecule has 8 heteroatoms. The molecule has 0 amide bonds. The number of rotatable bonds is 8. The van der Waals surface area contributed by atoms with Crippen LogP contribution in [-0.2, 0) is 18.9 Å². The SMILES string of the molecule is CCOC(=O)c1cn(C2CCC3(CC2)OCCO3)nc1OCCCOC. The van der Waals surface area contributed by atoms with Gasteiger partial charge in [0.2, 0.25) is 5.88 Å². The van der Waals surface area contributed by atoms with Crippen molar-refractivity contribution < 1.29 is 28.5 Å². The summed E-state index contributed by atoms with van der Waals surface area (Å²) in [6, 6.07) is 0.193. The highest BCUT2D eigenvalue weighted by Gasteiger charge is 2.41. The Balaban J connectivity index is 1.67. The van der Waals surface area contributed by atoms with Crippen molar-refractivity contribution in [2.45, 2.75) is 50.9 Å². The molecule has 2 fully saturated rings. The minimum atomic E-state index is -0.410. The molecule has 0 bridgehead atoms. The first kappa shape index (κ1) is 19.1. The molecule has 1 aromatic heterocycles. The van der Waals surface area contributed by atoms with Crippen LogP contribution in [0.3, 0.4) is 0 Å². The summed E-state index contributed by atoms with van der Waals surface area (Å²) >= 11 is 0. The van der Waals surface area contributed by atoms with Crippen LogP contribution < -0.4 is 4.74 Å². The summed E-state index contributed by atoms with van der Waals surface area (Å²) in [5.74, 6) is -0.490. The first-order chi connectivity index (χ1) is 12.7. The molecule has 1 spiro atoms. The minimum Gasteiger partial charge on any atom is -0.476 e. The standard InChI is InChI=1S/C18H28N2O6/c1-3-23-17(21)15-13-20(19-16(15)24-10-4-9-22-2)14-5-7-18(8-6-14)25-11-12-26-18/h13-14H,3-12H2,1-2H3. The Bertz CT molecular complexity index is 587. The van der Waals surface area contributed by atoms with Crippen molar-refractivity contribution in [2.24, 2.45) is 0 Å². The normalized spacial score (nSPS) is 19.8. The maximum atomic E-state index is 12.2. The number of hydrogen-bond donors (Lipinski definition) is 0. The lowest BCUT2D eigenvalue weighted by Crippen LogP contribution is -2.35. The van der Waals surface area contributed by atoms with Crippen LogP contribution in [0.15, 0.2) is 6.20 Å². The predicted molar refractivity (Wildman–Crippen MR) is 92.3 cm³/mol. The van der Waals surface area contributed by atoms with E-state index >= 15 is 0 Å². The fourth-order valence-electron chi connectivity index (χ4n) is 3.48. The second kappa shape index (κ2) is 8.83. The lowest BCUT2D eigenvalue weighted by molar-refractivity contribution is -0.181. The van der Waals surface area contributed by atoms with E-state index < -0.39 is 11.8 Å². The highest BCUT2D eigenvalue weighted by Crippen LogP contribution is 2.40. The summed E-state index contributed by atoms with van der Waals surface area (Å²) in [7, 11) is 1.65. The van der Waals surface area contributed by atoms with Gasteiger partial charge in [-0.2, -0.15) is 0 Å². The number of carbonyl (C=O) groups excluding carboxylic acids is 1. The third-order valence-corrected chi connectivity index (χ3v) is 4.83. The van der Waals surface area contributed by atoms with Crippen LogP contribution in [-0.4, -0.2) is 61.7 Å². The van der Waals surface area contributed by atoms with Gasteiger partial charge in [0, 0.05) is 39.2 Å². The van der Waals surface area contributed by atoms with Crippen LogP contribution in [0.5, 0.6) is 5.88 Å². The van der Waals surface area contributed by atoms with Crippen LogP contribution in [0, 0.1) is 0 Å². The summed E-state index contributed by atoms with van der Waals surface area (Å²) < 4.78 is 29.3. The molecular formula is C18H28N2O6. The third-order valence-electron chi connectivity index (χ3n) is 4.83. The Morgan fingerprint density at radius 2 is 2.04 bits per heavy atom. The lowest BCUT2D eigenvalue weighted by Gasteiger charge is -2.35. The Morgan fingerprint density at radius 1 is 1.31 bits per heavy atom. The van der Waals surface area contributed by atoms with Gasteiger partial charge in [0.15, 0.2) is 5.79 Å². The van der Waals surface area contributed by atoms with E-state index in [-0.39, 0.29) is 6.04 Å². The van der Waals surface area contributed by atoms with E-state index in [4.69, 9.17) is 23.7 Å². The van der Waals surface area contributed by atoms with Gasteiger partial charge in [-0.3, -0.25) is 4.68 Å². The van der Waals surface area contributed by atoms with Crippen molar-refractivity contribution in [3.05, 3.63) is 11.8 Å². The molecule has 146 valence electrons. The number of methoxy groups -OCH3 is 1. The Morgan fingerprint density at radius 3 is 2.69 bits per heavy atom. The molecule has 0 atom stereocenters. The molecule has 0 N–H and O–H groups in total. The molecule has 1 aromatic rings. The summed E-state index contributed by atoms with van der Waals surface area (Å²) in [5, 5.41) is 4.52. The average Bonchev–Trinajstić information content (AvgIpc) is 3.27. The van der Waals surface area contributed by atoms with Gasteiger partial charge in [-0.05, 0) is 19.8 Å². The summed E-state index contributed by atoms with van der Waals surface area (Å²) in [6.45, 7) is 4.46. The maximum Gasteiger partial charge on any atom is 0.345 e. The first-order valence-corrected chi connectivity index (χ1v) is 9.33. The van der Waals surface area contributed by atoms with Gasteiger partial charge in [0.1, 0.15) is 5.56 Å². The molecule has 2 heterocycles. The van der Waals surface area contributed by atoms with Crippen LogP contribution in [0.4, 0.5) is 0 Å². The molecule has 0 aromatic carbocycles. The summed E-state index contributed by atoms with van der Waals surface area (Å²) in [6.07, 6.45) is 5.89. The number of hydrogen-bond acceptors (Lipinski definition) is 7. The van der Waals surface area contributed by atoms with Gasteiger partial charge in [-0.15, -0.1) is 5.10 Å². The van der Waals surface area contributed by atoms with E-state index in [0.29, 0.717) is 44.5 Å². The Labute approximate surface area is 153 Å². The molecular weight excluding hydrogens is 340 g/mol. The zero-order valence-electron chi connectivity index (χ0n) is 15.6. The van der Waals surface area contributed by atoms with Crippen molar-refractivity contribution >= 4 is 5.97 Å². The third kappa shape index (κ3) is 4.36. The fraction of sp³-hybridized carbons (Fsp3) is 0.778. The van der Waals surface area contributed by atoms with E-state index in [1.165, 1.54) is 0 Å². The number of aromatic nitrogens is 2. The monoisotopic (exact) mass is 368 g/mol. The van der Waals surface area contributed by atoms with Crippen molar-refractivity contribution in [3.63, 3.8) is 0 Å². The van der Waals surface area contributed by atoms with Crippen molar-refractivity contribution in [1.29, 1.82) is 0 Å². The van der Waals surface area contributed by atoms with Gasteiger partial charge >= 0.3 is 5.97 Å². The molecule has 1 aliphatic carbocycles.